The number of hydrogen-bond acceptors (Lipinski definition) is 4. The summed E-state index contributed by atoms with van der Waals surface area (Å²) in [6, 6.07) is 18.2. The lowest BCUT2D eigenvalue weighted by Crippen LogP contribution is -2.30. The van der Waals surface area contributed by atoms with Gasteiger partial charge in [-0.3, -0.25) is 4.79 Å². The number of methoxy groups -OCH3 is 1. The Hall–Kier alpha value is -2.66. The van der Waals surface area contributed by atoms with Gasteiger partial charge in [0.05, 0.1) is 18.3 Å². The molecule has 3 rings (SSSR count). The molecule has 3 aromatic rings. The number of carbonyl (C=O) groups excluding carboxylic acids is 1. The van der Waals surface area contributed by atoms with Crippen LogP contribution in [-0.4, -0.2) is 36.5 Å². The van der Waals surface area contributed by atoms with Crippen LogP contribution in [0, 0.1) is 6.92 Å². The molecule has 1 amide bonds. The van der Waals surface area contributed by atoms with Crippen LogP contribution in [0.1, 0.15) is 34.0 Å². The number of nitrogens with zero attached hydrogens (tertiary/aromatic N) is 2. The minimum absolute atomic E-state index is 0.0206. The summed E-state index contributed by atoms with van der Waals surface area (Å²) in [5.74, 6) is 0.984. The predicted molar refractivity (Wildman–Crippen MR) is 114 cm³/mol. The average molecular weight is 395 g/mol. The van der Waals surface area contributed by atoms with Crippen LogP contribution in [0.4, 0.5) is 0 Å². The normalized spacial score (nSPS) is 11.8. The largest absolute Gasteiger partial charge is 0.497 e. The lowest BCUT2D eigenvalue weighted by Gasteiger charge is -2.22. The van der Waals surface area contributed by atoms with Gasteiger partial charge in [0.25, 0.3) is 0 Å². The fourth-order valence-corrected chi connectivity index (χ4v) is 4.01. The fraction of sp³-hybridized carbons (Fsp3) is 0.304. The zero-order valence-corrected chi connectivity index (χ0v) is 17.4. The van der Waals surface area contributed by atoms with Crippen molar-refractivity contribution in [3.8, 4) is 5.75 Å². The van der Waals surface area contributed by atoms with Gasteiger partial charge in [-0.15, -0.1) is 11.3 Å². The lowest BCUT2D eigenvalue weighted by molar-refractivity contribution is -0.130. The number of amides is 1. The van der Waals surface area contributed by atoms with Crippen LogP contribution in [0.2, 0.25) is 0 Å². The highest BCUT2D eigenvalue weighted by Gasteiger charge is 2.21. The summed E-state index contributed by atoms with van der Waals surface area (Å²) in [7, 11) is 3.54. The molecule has 0 radical (unpaired) electrons. The SMILES string of the molecule is COc1ccc(C(CC(=O)N(C)CCc2scnc2C)c2ccccc2)cc1. The molecular weight excluding hydrogens is 368 g/mol. The van der Waals surface area contributed by atoms with Crippen LogP contribution in [0.25, 0.3) is 0 Å². The number of likely N-dealkylation sites (N-methyl/N-ethyl adjacent to an activating group) is 1. The Balaban J connectivity index is 1.72. The number of ether oxygens (including phenoxy) is 1. The van der Waals surface area contributed by atoms with Crippen molar-refractivity contribution in [3.63, 3.8) is 0 Å². The maximum absolute atomic E-state index is 13.0. The lowest BCUT2D eigenvalue weighted by atomic mass is 9.88. The molecule has 1 unspecified atom stereocenters. The van der Waals surface area contributed by atoms with Crippen LogP contribution in [0.3, 0.4) is 0 Å². The number of benzene rings is 2. The fourth-order valence-electron chi connectivity index (χ4n) is 3.24. The van der Waals surface area contributed by atoms with Gasteiger partial charge >= 0.3 is 0 Å². The molecule has 1 aromatic heterocycles. The smallest absolute Gasteiger partial charge is 0.223 e. The van der Waals surface area contributed by atoms with Crippen LogP contribution in [-0.2, 0) is 11.2 Å². The molecule has 0 fully saturated rings. The van der Waals surface area contributed by atoms with E-state index in [2.05, 4.69) is 17.1 Å². The van der Waals surface area contributed by atoms with Gasteiger partial charge in [-0.2, -0.15) is 0 Å². The van der Waals surface area contributed by atoms with E-state index in [0.717, 1.165) is 29.0 Å². The number of aromatic nitrogens is 1. The molecule has 0 saturated carbocycles. The number of carbonyl (C=O) groups is 1. The van der Waals surface area contributed by atoms with Crippen molar-refractivity contribution in [2.75, 3.05) is 20.7 Å². The van der Waals surface area contributed by atoms with E-state index in [1.807, 2.05) is 66.8 Å². The summed E-state index contributed by atoms with van der Waals surface area (Å²) in [4.78, 5) is 20.3. The average Bonchev–Trinajstić information content (AvgIpc) is 3.15. The zero-order valence-electron chi connectivity index (χ0n) is 16.6. The molecule has 0 saturated heterocycles. The highest BCUT2D eigenvalue weighted by atomic mass is 32.1. The molecule has 146 valence electrons. The van der Waals surface area contributed by atoms with Gasteiger partial charge < -0.3 is 9.64 Å². The monoisotopic (exact) mass is 394 g/mol. The highest BCUT2D eigenvalue weighted by Crippen LogP contribution is 2.30. The number of thiazole rings is 1. The molecule has 0 aliphatic heterocycles. The Labute approximate surface area is 170 Å². The molecule has 0 bridgehead atoms. The second-order valence-electron chi connectivity index (χ2n) is 6.87. The molecule has 1 atom stereocenters. The van der Waals surface area contributed by atoms with E-state index in [9.17, 15) is 4.79 Å². The minimum atomic E-state index is 0.0206. The van der Waals surface area contributed by atoms with Crippen LogP contribution < -0.4 is 4.74 Å². The third kappa shape index (κ3) is 4.98. The summed E-state index contributed by atoms with van der Waals surface area (Å²) in [5.41, 5.74) is 5.19. The molecule has 0 spiro atoms. The second kappa shape index (κ2) is 9.51. The van der Waals surface area contributed by atoms with E-state index in [0.29, 0.717) is 13.0 Å². The molecule has 0 aliphatic carbocycles. The standard InChI is InChI=1S/C23H26N2O2S/c1-17-22(28-16-24-17)13-14-25(2)23(26)15-21(18-7-5-4-6-8-18)19-9-11-20(27-3)12-10-19/h4-12,16,21H,13-15H2,1-3H3. The maximum atomic E-state index is 13.0. The van der Waals surface area contributed by atoms with Gasteiger partial charge in [0, 0.05) is 37.2 Å². The van der Waals surface area contributed by atoms with E-state index in [1.165, 1.54) is 4.88 Å². The Bertz CT molecular complexity index is 890. The quantitative estimate of drug-likeness (QED) is 0.557. The van der Waals surface area contributed by atoms with Crippen molar-refractivity contribution in [3.05, 3.63) is 81.8 Å². The molecule has 0 aliphatic rings. The Morgan fingerprint density at radius 1 is 1.11 bits per heavy atom. The molecular formula is C23H26N2O2S. The van der Waals surface area contributed by atoms with E-state index in [-0.39, 0.29) is 11.8 Å². The van der Waals surface area contributed by atoms with Gasteiger partial charge in [-0.05, 0) is 30.2 Å². The summed E-state index contributed by atoms with van der Waals surface area (Å²) in [6.07, 6.45) is 1.28. The Kier molecular flexibility index (Phi) is 6.82. The topological polar surface area (TPSA) is 42.4 Å². The first-order valence-electron chi connectivity index (χ1n) is 9.40. The van der Waals surface area contributed by atoms with E-state index in [4.69, 9.17) is 4.74 Å². The summed E-state index contributed by atoms with van der Waals surface area (Å²) < 4.78 is 5.27. The molecule has 0 N–H and O–H groups in total. The minimum Gasteiger partial charge on any atom is -0.497 e. The summed E-state index contributed by atoms with van der Waals surface area (Å²) >= 11 is 1.65. The third-order valence-electron chi connectivity index (χ3n) is 5.04. The molecule has 28 heavy (non-hydrogen) atoms. The molecule has 2 aromatic carbocycles. The van der Waals surface area contributed by atoms with Crippen molar-refractivity contribution in [1.29, 1.82) is 0 Å². The van der Waals surface area contributed by atoms with Crippen LogP contribution in [0.5, 0.6) is 5.75 Å². The van der Waals surface area contributed by atoms with Crippen molar-refractivity contribution in [2.45, 2.75) is 25.7 Å². The van der Waals surface area contributed by atoms with E-state index >= 15 is 0 Å². The maximum Gasteiger partial charge on any atom is 0.223 e. The van der Waals surface area contributed by atoms with Crippen LogP contribution >= 0.6 is 11.3 Å². The van der Waals surface area contributed by atoms with Crippen molar-refractivity contribution < 1.29 is 9.53 Å². The molecule has 5 heteroatoms. The first-order valence-corrected chi connectivity index (χ1v) is 10.3. The molecule has 4 nitrogen and oxygen atoms in total. The second-order valence-corrected chi connectivity index (χ2v) is 7.81. The number of aryl methyl sites for hydroxylation is 1. The van der Waals surface area contributed by atoms with Gasteiger partial charge in [0.15, 0.2) is 0 Å². The van der Waals surface area contributed by atoms with Gasteiger partial charge in [-0.25, -0.2) is 4.98 Å². The van der Waals surface area contributed by atoms with Crippen LogP contribution in [0.15, 0.2) is 60.1 Å². The summed E-state index contributed by atoms with van der Waals surface area (Å²) in [6.45, 7) is 2.72. The first kappa shape index (κ1) is 20.1. The van der Waals surface area contributed by atoms with Gasteiger partial charge in [-0.1, -0.05) is 42.5 Å². The Morgan fingerprint density at radius 3 is 2.39 bits per heavy atom. The predicted octanol–water partition coefficient (Wildman–Crippen LogP) is 4.68. The Morgan fingerprint density at radius 2 is 1.79 bits per heavy atom. The zero-order chi connectivity index (χ0) is 19.9. The van der Waals surface area contributed by atoms with Crippen molar-refractivity contribution in [2.24, 2.45) is 0 Å². The van der Waals surface area contributed by atoms with Crippen molar-refractivity contribution in [1.82, 2.24) is 9.88 Å². The van der Waals surface area contributed by atoms with E-state index in [1.54, 1.807) is 18.4 Å². The third-order valence-corrected chi connectivity index (χ3v) is 6.04. The number of rotatable bonds is 8. The van der Waals surface area contributed by atoms with E-state index < -0.39 is 0 Å². The molecule has 1 heterocycles. The highest BCUT2D eigenvalue weighted by molar-refractivity contribution is 7.09. The van der Waals surface area contributed by atoms with Gasteiger partial charge in [0.2, 0.25) is 5.91 Å². The van der Waals surface area contributed by atoms with Crippen molar-refractivity contribution >= 4 is 17.2 Å². The number of hydrogen-bond donors (Lipinski definition) is 0. The van der Waals surface area contributed by atoms with Gasteiger partial charge in [0.1, 0.15) is 5.75 Å². The summed E-state index contributed by atoms with van der Waals surface area (Å²) in [5, 5.41) is 0. The first-order chi connectivity index (χ1) is 13.6.